The molecule has 0 aromatic heterocycles. The van der Waals surface area contributed by atoms with Crippen LogP contribution >= 0.6 is 0 Å². The molecule has 2 rings (SSSR count). The van der Waals surface area contributed by atoms with E-state index in [1.165, 1.54) is 16.6 Å². The molecule has 0 saturated carbocycles. The maximum atomic E-state index is 6.31. The van der Waals surface area contributed by atoms with Crippen LogP contribution in [0.3, 0.4) is 0 Å². The molecule has 0 atom stereocenters. The second-order valence-corrected chi connectivity index (χ2v) is 7.75. The van der Waals surface area contributed by atoms with Crippen LogP contribution in [0.25, 0.3) is 0 Å². The number of hydrogen-bond acceptors (Lipinski definition) is 2. The molecule has 0 amide bonds. The first-order chi connectivity index (χ1) is 9.57. The molecule has 2 nitrogen and oxygen atoms in total. The lowest BCUT2D eigenvalue weighted by Crippen LogP contribution is -2.41. The van der Waals surface area contributed by atoms with E-state index in [2.05, 4.69) is 73.6 Å². The third-order valence-corrected chi connectivity index (χ3v) is 4.91. The Balaban J connectivity index is 2.53. The van der Waals surface area contributed by atoms with Gasteiger partial charge in [-0.05, 0) is 56.1 Å². The minimum atomic E-state index is -0.296. The molecule has 116 valence electrons. The van der Waals surface area contributed by atoms with Gasteiger partial charge in [0.15, 0.2) is 0 Å². The Kier molecular flexibility index (Phi) is 4.29. The van der Waals surface area contributed by atoms with E-state index < -0.39 is 0 Å². The molecule has 0 N–H and O–H groups in total. The van der Waals surface area contributed by atoms with Crippen molar-refractivity contribution >= 4 is 12.6 Å². The molecule has 1 aliphatic heterocycles. The molecule has 1 aromatic rings. The van der Waals surface area contributed by atoms with Crippen LogP contribution in [0.2, 0.25) is 0 Å². The molecule has 1 aliphatic rings. The number of hydrogen-bond donors (Lipinski definition) is 0. The van der Waals surface area contributed by atoms with Crippen LogP contribution in [-0.4, -0.2) is 18.3 Å². The fraction of sp³-hybridized carbons (Fsp3) is 0.667. The van der Waals surface area contributed by atoms with Crippen molar-refractivity contribution in [2.75, 3.05) is 0 Å². The largest absolute Gasteiger partial charge is 0.495 e. The summed E-state index contributed by atoms with van der Waals surface area (Å²) < 4.78 is 12.6. The molecule has 0 radical (unpaired) electrons. The highest BCUT2D eigenvalue weighted by Gasteiger charge is 2.52. The first kappa shape index (κ1) is 16.6. The lowest BCUT2D eigenvalue weighted by atomic mass is 9.69. The maximum Gasteiger partial charge on any atom is 0.495 e. The average Bonchev–Trinajstić information content (AvgIpc) is 2.57. The summed E-state index contributed by atoms with van der Waals surface area (Å²) in [6, 6.07) is 6.56. The lowest BCUT2D eigenvalue weighted by molar-refractivity contribution is 0.00578. The quantitative estimate of drug-likeness (QED) is 0.775. The molecule has 21 heavy (non-hydrogen) atoms. The van der Waals surface area contributed by atoms with Crippen molar-refractivity contribution in [3.63, 3.8) is 0 Å². The fourth-order valence-corrected chi connectivity index (χ4v) is 2.84. The molecular formula is C18H29BO2. The van der Waals surface area contributed by atoms with E-state index in [0.29, 0.717) is 11.8 Å². The Bertz CT molecular complexity index is 476. The molecule has 0 spiro atoms. The predicted octanol–water partition coefficient (Wildman–Crippen LogP) is 4.23. The van der Waals surface area contributed by atoms with Crippen LogP contribution in [0.5, 0.6) is 0 Å². The van der Waals surface area contributed by atoms with E-state index in [1.54, 1.807) is 0 Å². The van der Waals surface area contributed by atoms with Gasteiger partial charge < -0.3 is 9.31 Å². The van der Waals surface area contributed by atoms with E-state index in [1.807, 2.05) is 0 Å². The van der Waals surface area contributed by atoms with Gasteiger partial charge >= 0.3 is 7.12 Å². The lowest BCUT2D eigenvalue weighted by Gasteiger charge is -2.32. The third kappa shape index (κ3) is 2.91. The molecule has 3 heteroatoms. The van der Waals surface area contributed by atoms with E-state index in [-0.39, 0.29) is 18.3 Å². The zero-order valence-corrected chi connectivity index (χ0v) is 14.8. The highest BCUT2D eigenvalue weighted by atomic mass is 16.7. The van der Waals surface area contributed by atoms with E-state index >= 15 is 0 Å². The van der Waals surface area contributed by atoms with Crippen molar-refractivity contribution in [3.05, 3.63) is 29.3 Å². The molecule has 1 aromatic carbocycles. The summed E-state index contributed by atoms with van der Waals surface area (Å²) in [6.45, 7) is 17.4. The first-order valence-corrected chi connectivity index (χ1v) is 8.05. The smallest absolute Gasteiger partial charge is 0.399 e. The minimum Gasteiger partial charge on any atom is -0.399 e. The highest BCUT2D eigenvalue weighted by molar-refractivity contribution is 6.63. The van der Waals surface area contributed by atoms with Gasteiger partial charge in [-0.3, -0.25) is 0 Å². The Morgan fingerprint density at radius 1 is 0.810 bits per heavy atom. The monoisotopic (exact) mass is 288 g/mol. The third-order valence-electron chi connectivity index (χ3n) is 4.91. The van der Waals surface area contributed by atoms with Gasteiger partial charge in [0, 0.05) is 0 Å². The minimum absolute atomic E-state index is 0.272. The van der Waals surface area contributed by atoms with E-state index in [4.69, 9.17) is 9.31 Å². The SMILES string of the molecule is CC(C)c1cccc(C(C)C)c1B1OC(C)(C)C(C)(C)O1. The molecule has 0 aliphatic carbocycles. The van der Waals surface area contributed by atoms with Crippen molar-refractivity contribution in [1.29, 1.82) is 0 Å². The Labute approximate surface area is 130 Å². The van der Waals surface area contributed by atoms with Crippen LogP contribution in [0.15, 0.2) is 18.2 Å². The normalized spacial score (nSPS) is 20.6. The first-order valence-electron chi connectivity index (χ1n) is 8.05. The average molecular weight is 288 g/mol. The molecule has 0 bridgehead atoms. The Hall–Kier alpha value is -0.795. The van der Waals surface area contributed by atoms with Crippen molar-refractivity contribution in [2.24, 2.45) is 0 Å². The summed E-state index contributed by atoms with van der Waals surface area (Å²) in [4.78, 5) is 0. The summed E-state index contributed by atoms with van der Waals surface area (Å²) in [7, 11) is -0.272. The summed E-state index contributed by atoms with van der Waals surface area (Å²) in [5, 5.41) is 0. The van der Waals surface area contributed by atoms with Gasteiger partial charge in [-0.2, -0.15) is 0 Å². The van der Waals surface area contributed by atoms with Gasteiger partial charge in [0.05, 0.1) is 11.2 Å². The van der Waals surface area contributed by atoms with Crippen LogP contribution < -0.4 is 5.46 Å². The van der Waals surface area contributed by atoms with Gasteiger partial charge in [-0.25, -0.2) is 0 Å². The van der Waals surface area contributed by atoms with Crippen molar-refractivity contribution in [1.82, 2.24) is 0 Å². The van der Waals surface area contributed by atoms with Gasteiger partial charge in [0.1, 0.15) is 0 Å². The predicted molar refractivity (Wildman–Crippen MR) is 90.3 cm³/mol. The molecule has 0 unspecified atom stereocenters. The topological polar surface area (TPSA) is 18.5 Å². The van der Waals surface area contributed by atoms with Crippen LogP contribution in [0, 0.1) is 0 Å². The highest BCUT2D eigenvalue weighted by Crippen LogP contribution is 2.37. The second-order valence-electron chi connectivity index (χ2n) is 7.75. The van der Waals surface area contributed by atoms with Crippen LogP contribution in [0.1, 0.15) is 78.4 Å². The van der Waals surface area contributed by atoms with Gasteiger partial charge in [0.25, 0.3) is 0 Å². The van der Waals surface area contributed by atoms with Crippen LogP contribution in [0.4, 0.5) is 0 Å². The Morgan fingerprint density at radius 2 is 1.19 bits per heavy atom. The van der Waals surface area contributed by atoms with E-state index in [0.717, 1.165) is 0 Å². The summed E-state index contributed by atoms with van der Waals surface area (Å²) in [5.41, 5.74) is 3.31. The van der Waals surface area contributed by atoms with Crippen molar-refractivity contribution in [2.45, 2.75) is 78.4 Å². The fourth-order valence-electron chi connectivity index (χ4n) is 2.84. The standard InChI is InChI=1S/C18H29BO2/c1-12(2)14-10-9-11-15(13(3)4)16(14)19-20-17(5,6)18(7,8)21-19/h9-13H,1-8H3. The van der Waals surface area contributed by atoms with Crippen molar-refractivity contribution in [3.8, 4) is 0 Å². The number of rotatable bonds is 3. The van der Waals surface area contributed by atoms with Crippen molar-refractivity contribution < 1.29 is 9.31 Å². The zero-order chi connectivity index (χ0) is 16.0. The summed E-state index contributed by atoms with van der Waals surface area (Å²) >= 11 is 0. The zero-order valence-electron chi connectivity index (χ0n) is 14.8. The van der Waals surface area contributed by atoms with Gasteiger partial charge in [-0.15, -0.1) is 0 Å². The van der Waals surface area contributed by atoms with Gasteiger partial charge in [-0.1, -0.05) is 45.9 Å². The summed E-state index contributed by atoms with van der Waals surface area (Å²) in [6.07, 6.45) is 0. The van der Waals surface area contributed by atoms with Crippen LogP contribution in [-0.2, 0) is 9.31 Å². The molecule has 1 heterocycles. The van der Waals surface area contributed by atoms with E-state index in [9.17, 15) is 0 Å². The number of benzene rings is 1. The van der Waals surface area contributed by atoms with Gasteiger partial charge in [0.2, 0.25) is 0 Å². The molecule has 1 fully saturated rings. The Morgan fingerprint density at radius 3 is 1.52 bits per heavy atom. The second kappa shape index (κ2) is 5.44. The molecule has 1 saturated heterocycles. The summed E-state index contributed by atoms with van der Waals surface area (Å²) in [5.74, 6) is 0.912. The maximum absolute atomic E-state index is 6.31. The molecular weight excluding hydrogens is 259 g/mol.